The van der Waals surface area contributed by atoms with Gasteiger partial charge in [0.1, 0.15) is 5.75 Å². The van der Waals surface area contributed by atoms with Crippen molar-refractivity contribution in [3.8, 4) is 5.75 Å². The first-order chi connectivity index (χ1) is 11.7. The fourth-order valence-corrected chi connectivity index (χ4v) is 3.87. The van der Waals surface area contributed by atoms with Crippen LogP contribution in [0.4, 0.5) is 5.69 Å². The molecule has 2 N–H and O–H groups in total. The number of carbonyl (C=O) groups is 1. The predicted octanol–water partition coefficient (Wildman–Crippen LogP) is 3.47. The summed E-state index contributed by atoms with van der Waals surface area (Å²) in [5, 5.41) is 7.10. The van der Waals surface area contributed by atoms with Crippen LogP contribution in [0.15, 0.2) is 18.2 Å². The van der Waals surface area contributed by atoms with Crippen LogP contribution in [0.5, 0.6) is 5.75 Å². The molecule has 0 bridgehead atoms. The first-order valence-electron chi connectivity index (χ1n) is 8.75. The van der Waals surface area contributed by atoms with E-state index in [0.717, 1.165) is 35.7 Å². The van der Waals surface area contributed by atoms with Gasteiger partial charge in [0.05, 0.1) is 12.8 Å². The van der Waals surface area contributed by atoms with Crippen LogP contribution >= 0.6 is 12.2 Å². The number of hydrogen-bond acceptors (Lipinski definition) is 3. The highest BCUT2D eigenvalue weighted by Gasteiger charge is 2.32. The van der Waals surface area contributed by atoms with E-state index in [4.69, 9.17) is 17.0 Å². The van der Waals surface area contributed by atoms with Gasteiger partial charge in [0.15, 0.2) is 5.11 Å². The summed E-state index contributed by atoms with van der Waals surface area (Å²) in [6, 6.07) is 6.13. The van der Waals surface area contributed by atoms with E-state index >= 15 is 0 Å². The maximum absolute atomic E-state index is 12.3. The van der Waals surface area contributed by atoms with E-state index in [1.807, 2.05) is 25.1 Å². The van der Waals surface area contributed by atoms with Crippen LogP contribution in [0.2, 0.25) is 0 Å². The molecule has 138 valence electrons. The van der Waals surface area contributed by atoms with E-state index in [2.05, 4.69) is 36.3 Å². The van der Waals surface area contributed by atoms with Gasteiger partial charge in [-0.2, -0.15) is 0 Å². The molecule has 1 aliphatic rings. The monoisotopic (exact) mass is 363 g/mol. The number of methoxy groups -OCH3 is 1. The number of carbonyl (C=O) groups excluding carboxylic acids is 1. The molecule has 25 heavy (non-hydrogen) atoms. The molecule has 1 aliphatic heterocycles. The highest BCUT2D eigenvalue weighted by Crippen LogP contribution is 2.26. The molecule has 2 rings (SSSR count). The summed E-state index contributed by atoms with van der Waals surface area (Å²) in [5.74, 6) is 0.670. The number of aryl methyl sites for hydroxylation is 1. The minimum absolute atomic E-state index is 0.00669. The highest BCUT2D eigenvalue weighted by atomic mass is 32.1. The molecule has 1 fully saturated rings. The van der Waals surface area contributed by atoms with Gasteiger partial charge in [-0.05, 0) is 70.5 Å². The van der Waals surface area contributed by atoms with Gasteiger partial charge in [-0.1, -0.05) is 6.07 Å². The van der Waals surface area contributed by atoms with Crippen molar-refractivity contribution in [1.29, 1.82) is 0 Å². The van der Waals surface area contributed by atoms with E-state index in [1.165, 1.54) is 0 Å². The lowest BCUT2D eigenvalue weighted by Gasteiger charge is -2.44. The number of nitrogens with one attached hydrogen (secondary N) is 2. The maximum Gasteiger partial charge on any atom is 0.224 e. The van der Waals surface area contributed by atoms with Gasteiger partial charge in [0.25, 0.3) is 0 Å². The molecule has 1 atom stereocenters. The van der Waals surface area contributed by atoms with Crippen molar-refractivity contribution in [1.82, 2.24) is 10.2 Å². The number of amides is 1. The number of ether oxygens (including phenoxy) is 1. The van der Waals surface area contributed by atoms with Crippen LogP contribution in [0.25, 0.3) is 0 Å². The Labute approximate surface area is 156 Å². The largest absolute Gasteiger partial charge is 0.495 e. The second-order valence-electron chi connectivity index (χ2n) is 7.42. The second kappa shape index (κ2) is 8.04. The van der Waals surface area contributed by atoms with Crippen LogP contribution in [0.3, 0.4) is 0 Å². The molecule has 1 aromatic carbocycles. The summed E-state index contributed by atoms with van der Waals surface area (Å²) in [4.78, 5) is 14.4. The Bertz CT molecular complexity index is 646. The second-order valence-corrected chi connectivity index (χ2v) is 7.80. The van der Waals surface area contributed by atoms with Crippen LogP contribution in [0.1, 0.15) is 45.6 Å². The van der Waals surface area contributed by atoms with Crippen molar-refractivity contribution in [3.63, 3.8) is 0 Å². The molecule has 6 heteroatoms. The van der Waals surface area contributed by atoms with Gasteiger partial charge in [0, 0.05) is 24.5 Å². The Morgan fingerprint density at radius 2 is 2.20 bits per heavy atom. The van der Waals surface area contributed by atoms with E-state index in [1.54, 1.807) is 7.11 Å². The third-order valence-corrected chi connectivity index (χ3v) is 4.81. The Balaban J connectivity index is 1.85. The van der Waals surface area contributed by atoms with E-state index < -0.39 is 0 Å². The molecule has 1 aromatic rings. The van der Waals surface area contributed by atoms with Gasteiger partial charge in [-0.3, -0.25) is 4.79 Å². The Hall–Kier alpha value is -1.82. The zero-order valence-electron chi connectivity index (χ0n) is 15.8. The number of anilines is 1. The van der Waals surface area contributed by atoms with E-state index in [9.17, 15) is 4.79 Å². The number of benzene rings is 1. The van der Waals surface area contributed by atoms with Gasteiger partial charge in [-0.15, -0.1) is 0 Å². The summed E-state index contributed by atoms with van der Waals surface area (Å²) >= 11 is 5.48. The summed E-state index contributed by atoms with van der Waals surface area (Å²) in [6.07, 6.45) is 2.23. The SMILES string of the molecule is COc1ccc(C)cc1NC(=O)CCCN1C(=S)NC(C)(C)C[C@@H]1C. The van der Waals surface area contributed by atoms with Crippen LogP contribution < -0.4 is 15.4 Å². The van der Waals surface area contributed by atoms with Gasteiger partial charge in [-0.25, -0.2) is 0 Å². The number of hydrogen-bond donors (Lipinski definition) is 2. The molecule has 1 amide bonds. The molecule has 1 saturated heterocycles. The lowest BCUT2D eigenvalue weighted by Crippen LogP contribution is -2.60. The van der Waals surface area contributed by atoms with Crippen molar-refractivity contribution in [2.24, 2.45) is 0 Å². The first kappa shape index (κ1) is 19.5. The third-order valence-electron chi connectivity index (χ3n) is 4.48. The van der Waals surface area contributed by atoms with Crippen LogP contribution in [-0.2, 0) is 4.79 Å². The van der Waals surface area contributed by atoms with E-state index in [-0.39, 0.29) is 11.4 Å². The summed E-state index contributed by atoms with van der Waals surface area (Å²) in [5.41, 5.74) is 1.83. The third kappa shape index (κ3) is 5.33. The van der Waals surface area contributed by atoms with Crippen LogP contribution in [0, 0.1) is 6.92 Å². The van der Waals surface area contributed by atoms with Crippen molar-refractivity contribution in [2.75, 3.05) is 19.0 Å². The summed E-state index contributed by atoms with van der Waals surface area (Å²) in [6.45, 7) is 9.28. The van der Waals surface area contributed by atoms with Crippen molar-refractivity contribution < 1.29 is 9.53 Å². The molecule has 0 aliphatic carbocycles. The lowest BCUT2D eigenvalue weighted by molar-refractivity contribution is -0.116. The number of nitrogens with zero attached hydrogens (tertiary/aromatic N) is 1. The van der Waals surface area contributed by atoms with Gasteiger partial charge < -0.3 is 20.3 Å². The Kier molecular flexibility index (Phi) is 6.27. The van der Waals surface area contributed by atoms with Crippen LogP contribution in [-0.4, -0.2) is 41.2 Å². The zero-order valence-corrected chi connectivity index (χ0v) is 16.6. The van der Waals surface area contributed by atoms with Crippen molar-refractivity contribution >= 4 is 28.9 Å². The van der Waals surface area contributed by atoms with Crippen molar-refractivity contribution in [3.05, 3.63) is 23.8 Å². The molecule has 5 nitrogen and oxygen atoms in total. The van der Waals surface area contributed by atoms with Gasteiger partial charge in [0.2, 0.25) is 5.91 Å². The smallest absolute Gasteiger partial charge is 0.224 e. The topological polar surface area (TPSA) is 53.6 Å². The van der Waals surface area contributed by atoms with Crippen molar-refractivity contribution in [2.45, 2.75) is 58.5 Å². The number of rotatable bonds is 6. The zero-order chi connectivity index (χ0) is 18.6. The quantitative estimate of drug-likeness (QED) is 0.758. The molecular weight excluding hydrogens is 334 g/mol. The maximum atomic E-state index is 12.3. The molecule has 1 heterocycles. The number of thiocarbonyl (C=S) groups is 1. The minimum atomic E-state index is -0.00669. The molecule has 0 saturated carbocycles. The fourth-order valence-electron chi connectivity index (χ4n) is 3.33. The van der Waals surface area contributed by atoms with E-state index in [0.29, 0.717) is 18.2 Å². The summed E-state index contributed by atoms with van der Waals surface area (Å²) < 4.78 is 5.30. The Morgan fingerprint density at radius 1 is 1.48 bits per heavy atom. The molecule has 0 aromatic heterocycles. The molecule has 0 spiro atoms. The molecular formula is C19H29N3O2S. The van der Waals surface area contributed by atoms with Gasteiger partial charge >= 0.3 is 0 Å². The predicted molar refractivity (Wildman–Crippen MR) is 106 cm³/mol. The normalized spacial score (nSPS) is 19.3. The fraction of sp³-hybridized carbons (Fsp3) is 0.579. The standard InChI is InChI=1S/C19H29N3O2S/c1-13-8-9-16(24-5)15(11-13)20-17(23)7-6-10-22-14(2)12-19(3,4)21-18(22)25/h8-9,11,14H,6-7,10,12H2,1-5H3,(H,20,23)(H,21,25)/t14-/m0/s1. The molecule has 0 unspecified atom stereocenters. The first-order valence-corrected chi connectivity index (χ1v) is 9.16. The Morgan fingerprint density at radius 3 is 2.84 bits per heavy atom. The molecule has 0 radical (unpaired) electrons. The minimum Gasteiger partial charge on any atom is -0.495 e. The lowest BCUT2D eigenvalue weighted by atomic mass is 9.93. The summed E-state index contributed by atoms with van der Waals surface area (Å²) in [7, 11) is 1.60. The highest BCUT2D eigenvalue weighted by molar-refractivity contribution is 7.80. The average molecular weight is 364 g/mol. The average Bonchev–Trinajstić information content (AvgIpc) is 2.49.